The van der Waals surface area contributed by atoms with Crippen molar-refractivity contribution in [2.45, 2.75) is 4.90 Å². The van der Waals surface area contributed by atoms with Crippen LogP contribution in [0, 0.1) is 0 Å². The van der Waals surface area contributed by atoms with E-state index in [1.54, 1.807) is 24.3 Å². The van der Waals surface area contributed by atoms with Crippen molar-refractivity contribution < 1.29 is 22.7 Å². The molecule has 0 fully saturated rings. The molecule has 156 valence electrons. The van der Waals surface area contributed by atoms with E-state index in [0.717, 1.165) is 0 Å². The molecule has 0 saturated carbocycles. The van der Waals surface area contributed by atoms with Gasteiger partial charge in [-0.25, -0.2) is 18.4 Å². The monoisotopic (exact) mass is 429 g/mol. The second-order valence-corrected chi connectivity index (χ2v) is 7.59. The van der Waals surface area contributed by atoms with Crippen LogP contribution in [0.2, 0.25) is 0 Å². The standard InChI is InChI=1S/C19H19N5O5S/c1-28-14-6-3-12(4-7-14)24-30(26,27)16-11-13(5-8-15(16)29-2)23-19(25)17-18(20)22-10-9-21-17/h3-11,24H,1-2H3,(H2,20,22)(H,23,25). The maximum absolute atomic E-state index is 12.9. The Balaban J connectivity index is 1.89. The van der Waals surface area contributed by atoms with Gasteiger partial charge in [-0.15, -0.1) is 0 Å². The number of ether oxygens (including phenoxy) is 2. The Morgan fingerprint density at radius 1 is 0.967 bits per heavy atom. The zero-order valence-electron chi connectivity index (χ0n) is 16.1. The van der Waals surface area contributed by atoms with Gasteiger partial charge in [-0.3, -0.25) is 9.52 Å². The third kappa shape index (κ3) is 4.58. The SMILES string of the molecule is COc1ccc(NS(=O)(=O)c2cc(NC(=O)c3nccnc3N)ccc2OC)cc1. The number of hydrogen-bond donors (Lipinski definition) is 3. The molecule has 0 bridgehead atoms. The highest BCUT2D eigenvalue weighted by molar-refractivity contribution is 7.92. The van der Waals surface area contributed by atoms with Crippen LogP contribution < -0.4 is 25.2 Å². The second kappa shape index (κ2) is 8.66. The lowest BCUT2D eigenvalue weighted by atomic mass is 10.3. The van der Waals surface area contributed by atoms with Crippen molar-refractivity contribution >= 4 is 33.1 Å². The molecule has 0 atom stereocenters. The molecular formula is C19H19N5O5S. The molecule has 0 aliphatic heterocycles. The van der Waals surface area contributed by atoms with Gasteiger partial charge in [0.2, 0.25) is 0 Å². The maximum atomic E-state index is 12.9. The topological polar surface area (TPSA) is 146 Å². The van der Waals surface area contributed by atoms with E-state index in [1.807, 2.05) is 0 Å². The number of aromatic nitrogens is 2. The highest BCUT2D eigenvalue weighted by atomic mass is 32.2. The van der Waals surface area contributed by atoms with Crippen molar-refractivity contribution in [2.75, 3.05) is 30.0 Å². The number of rotatable bonds is 7. The summed E-state index contributed by atoms with van der Waals surface area (Å²) < 4.78 is 38.5. The first-order chi connectivity index (χ1) is 14.3. The van der Waals surface area contributed by atoms with Gasteiger partial charge in [-0.05, 0) is 42.5 Å². The van der Waals surface area contributed by atoms with Gasteiger partial charge in [-0.2, -0.15) is 0 Å². The summed E-state index contributed by atoms with van der Waals surface area (Å²) in [7, 11) is -1.17. The van der Waals surface area contributed by atoms with Gasteiger partial charge in [-0.1, -0.05) is 0 Å². The Labute approximate surface area is 173 Å². The fourth-order valence-corrected chi connectivity index (χ4v) is 3.80. The first-order valence-electron chi connectivity index (χ1n) is 8.57. The van der Waals surface area contributed by atoms with Crippen LogP contribution in [-0.2, 0) is 10.0 Å². The molecule has 10 nitrogen and oxygen atoms in total. The Kier molecular flexibility index (Phi) is 6.02. The zero-order valence-corrected chi connectivity index (χ0v) is 16.9. The number of amides is 1. The number of nitrogens with one attached hydrogen (secondary N) is 2. The average Bonchev–Trinajstić information content (AvgIpc) is 2.74. The van der Waals surface area contributed by atoms with Gasteiger partial charge >= 0.3 is 0 Å². The lowest BCUT2D eigenvalue weighted by molar-refractivity contribution is 0.102. The minimum absolute atomic E-state index is 0.0440. The van der Waals surface area contributed by atoms with Gasteiger partial charge in [0.1, 0.15) is 16.4 Å². The Hall–Kier alpha value is -3.86. The van der Waals surface area contributed by atoms with E-state index in [1.165, 1.54) is 44.8 Å². The summed E-state index contributed by atoms with van der Waals surface area (Å²) in [5.74, 6) is 0.0197. The minimum Gasteiger partial charge on any atom is -0.497 e. The number of benzene rings is 2. The van der Waals surface area contributed by atoms with Crippen molar-refractivity contribution in [3.05, 3.63) is 60.6 Å². The van der Waals surface area contributed by atoms with Gasteiger partial charge in [0.25, 0.3) is 15.9 Å². The number of sulfonamides is 1. The molecule has 2 aromatic carbocycles. The fraction of sp³-hybridized carbons (Fsp3) is 0.105. The predicted molar refractivity (Wildman–Crippen MR) is 111 cm³/mol. The molecule has 1 heterocycles. The molecule has 4 N–H and O–H groups in total. The van der Waals surface area contributed by atoms with Crippen LogP contribution in [0.3, 0.4) is 0 Å². The number of methoxy groups -OCH3 is 2. The molecule has 30 heavy (non-hydrogen) atoms. The molecule has 1 aromatic heterocycles. The highest BCUT2D eigenvalue weighted by Crippen LogP contribution is 2.29. The van der Waals surface area contributed by atoms with Crippen LogP contribution in [0.4, 0.5) is 17.2 Å². The lowest BCUT2D eigenvalue weighted by Crippen LogP contribution is -2.18. The van der Waals surface area contributed by atoms with Crippen LogP contribution in [-0.4, -0.2) is 38.5 Å². The van der Waals surface area contributed by atoms with Crippen molar-refractivity contribution in [3.8, 4) is 11.5 Å². The molecule has 0 unspecified atom stereocenters. The number of nitrogens with two attached hydrogens (primary N) is 1. The highest BCUT2D eigenvalue weighted by Gasteiger charge is 2.22. The van der Waals surface area contributed by atoms with E-state index in [2.05, 4.69) is 20.0 Å². The largest absolute Gasteiger partial charge is 0.497 e. The van der Waals surface area contributed by atoms with Gasteiger partial charge < -0.3 is 20.5 Å². The third-order valence-corrected chi connectivity index (χ3v) is 5.40. The van der Waals surface area contributed by atoms with Gasteiger partial charge in [0.05, 0.1) is 14.2 Å². The number of hydrogen-bond acceptors (Lipinski definition) is 8. The third-order valence-electron chi connectivity index (χ3n) is 3.99. The molecule has 1 amide bonds. The van der Waals surface area contributed by atoms with E-state index >= 15 is 0 Å². The number of carbonyl (C=O) groups is 1. The van der Waals surface area contributed by atoms with E-state index in [4.69, 9.17) is 15.2 Å². The molecule has 0 aliphatic rings. The van der Waals surface area contributed by atoms with E-state index in [0.29, 0.717) is 11.4 Å². The predicted octanol–water partition coefficient (Wildman–Crippen LogP) is 2.13. The first kappa shape index (κ1) is 20.9. The summed E-state index contributed by atoms with van der Waals surface area (Å²) in [6.07, 6.45) is 2.68. The molecule has 11 heteroatoms. The zero-order chi connectivity index (χ0) is 21.7. The molecular weight excluding hydrogens is 410 g/mol. The summed E-state index contributed by atoms with van der Waals surface area (Å²) in [6.45, 7) is 0. The van der Waals surface area contributed by atoms with E-state index in [-0.39, 0.29) is 27.8 Å². The van der Waals surface area contributed by atoms with Crippen LogP contribution in [0.5, 0.6) is 11.5 Å². The smallest absolute Gasteiger partial charge is 0.278 e. The summed E-state index contributed by atoms with van der Waals surface area (Å²) >= 11 is 0. The fourth-order valence-electron chi connectivity index (χ4n) is 2.55. The number of anilines is 3. The summed E-state index contributed by atoms with van der Waals surface area (Å²) in [5.41, 5.74) is 6.12. The lowest BCUT2D eigenvalue weighted by Gasteiger charge is -2.14. The van der Waals surface area contributed by atoms with E-state index < -0.39 is 15.9 Å². The Bertz CT molecular complexity index is 1170. The van der Waals surface area contributed by atoms with Crippen LogP contribution in [0.25, 0.3) is 0 Å². The normalized spacial score (nSPS) is 10.9. The number of carbonyl (C=O) groups excluding carboxylic acids is 1. The first-order valence-corrected chi connectivity index (χ1v) is 10.0. The minimum atomic E-state index is -4.03. The molecule has 0 radical (unpaired) electrons. The summed E-state index contributed by atoms with van der Waals surface area (Å²) in [6, 6.07) is 10.6. The Morgan fingerprint density at radius 3 is 2.27 bits per heavy atom. The quantitative estimate of drug-likeness (QED) is 0.518. The van der Waals surface area contributed by atoms with Crippen LogP contribution in [0.1, 0.15) is 10.5 Å². The number of nitrogen functional groups attached to an aromatic ring is 1. The Morgan fingerprint density at radius 2 is 1.63 bits per heavy atom. The maximum Gasteiger partial charge on any atom is 0.278 e. The van der Waals surface area contributed by atoms with Crippen molar-refractivity contribution in [2.24, 2.45) is 0 Å². The molecule has 0 saturated heterocycles. The second-order valence-electron chi connectivity index (χ2n) is 5.94. The van der Waals surface area contributed by atoms with Crippen LogP contribution in [0.15, 0.2) is 59.8 Å². The van der Waals surface area contributed by atoms with Crippen molar-refractivity contribution in [3.63, 3.8) is 0 Å². The van der Waals surface area contributed by atoms with Crippen molar-refractivity contribution in [1.82, 2.24) is 9.97 Å². The molecule has 3 aromatic rings. The number of nitrogens with zero attached hydrogens (tertiary/aromatic N) is 2. The molecule has 0 aliphatic carbocycles. The average molecular weight is 429 g/mol. The summed E-state index contributed by atoms with van der Waals surface area (Å²) in [4.78, 5) is 19.9. The molecule has 3 rings (SSSR count). The molecule has 0 spiro atoms. The van der Waals surface area contributed by atoms with Gasteiger partial charge in [0.15, 0.2) is 11.5 Å². The van der Waals surface area contributed by atoms with Crippen LogP contribution >= 0.6 is 0 Å². The van der Waals surface area contributed by atoms with Gasteiger partial charge in [0, 0.05) is 23.8 Å². The summed E-state index contributed by atoms with van der Waals surface area (Å²) in [5, 5.41) is 2.56. The van der Waals surface area contributed by atoms with E-state index in [9.17, 15) is 13.2 Å². The van der Waals surface area contributed by atoms with Crippen molar-refractivity contribution in [1.29, 1.82) is 0 Å².